The molecule has 31 heavy (non-hydrogen) atoms. The fraction of sp³-hybridized carbons (Fsp3) is 0.391. The number of piperidine rings is 1. The van der Waals surface area contributed by atoms with E-state index in [1.165, 1.54) is 15.2 Å². The summed E-state index contributed by atoms with van der Waals surface area (Å²) in [7, 11) is 0. The maximum absolute atomic E-state index is 13.2. The Morgan fingerprint density at radius 3 is 2.74 bits per heavy atom. The van der Waals surface area contributed by atoms with E-state index in [9.17, 15) is 9.59 Å². The molecule has 3 aromatic rings. The first kappa shape index (κ1) is 20.1. The molecule has 1 N–H and O–H groups in total. The van der Waals surface area contributed by atoms with Crippen molar-refractivity contribution in [3.63, 3.8) is 0 Å². The Morgan fingerprint density at radius 2 is 1.97 bits per heavy atom. The molecular weight excluding hydrogens is 410 g/mol. The van der Waals surface area contributed by atoms with E-state index in [1.807, 2.05) is 24.6 Å². The van der Waals surface area contributed by atoms with Gasteiger partial charge in [-0.25, -0.2) is 9.78 Å². The summed E-state index contributed by atoms with van der Waals surface area (Å²) in [5.74, 6) is -0.108. The maximum atomic E-state index is 13.2. The zero-order valence-corrected chi connectivity index (χ0v) is 18.5. The van der Waals surface area contributed by atoms with Gasteiger partial charge in [-0.15, -0.1) is 11.3 Å². The Morgan fingerprint density at radius 1 is 1.16 bits per heavy atom. The number of nitrogens with zero attached hydrogens (tertiary/aromatic N) is 4. The minimum atomic E-state index is -0.783. The molecule has 1 atom stereocenters. The van der Waals surface area contributed by atoms with Crippen LogP contribution < -0.4 is 5.32 Å². The molecule has 2 aliphatic rings. The number of likely N-dealkylation sites (tertiary alicyclic amines) is 1. The van der Waals surface area contributed by atoms with Gasteiger partial charge in [0.05, 0.1) is 22.3 Å². The zero-order chi connectivity index (χ0) is 21.6. The lowest BCUT2D eigenvalue weighted by atomic mass is 9.86. The van der Waals surface area contributed by atoms with Crippen molar-refractivity contribution in [2.75, 3.05) is 13.1 Å². The largest absolute Gasteiger partial charge is 0.325 e. The maximum Gasteiger partial charge on any atom is 0.325 e. The highest BCUT2D eigenvalue weighted by Crippen LogP contribution is 2.34. The fourth-order valence-corrected chi connectivity index (χ4v) is 5.34. The van der Waals surface area contributed by atoms with Gasteiger partial charge in [0, 0.05) is 31.0 Å². The first-order valence-electron chi connectivity index (χ1n) is 10.6. The number of carbonyl (C=O) groups excluding carboxylic acids is 2. The molecule has 2 aromatic heterocycles. The van der Waals surface area contributed by atoms with Crippen LogP contribution in [0.25, 0.3) is 10.2 Å². The van der Waals surface area contributed by atoms with Crippen LogP contribution in [0.4, 0.5) is 4.79 Å². The number of amides is 3. The molecule has 0 saturated carbocycles. The number of benzene rings is 1. The molecule has 2 aliphatic heterocycles. The Labute approximate surface area is 185 Å². The minimum absolute atomic E-state index is 0.108. The Kier molecular flexibility index (Phi) is 4.98. The van der Waals surface area contributed by atoms with Crippen molar-refractivity contribution in [1.82, 2.24) is 25.1 Å². The van der Waals surface area contributed by atoms with Crippen LogP contribution in [0.1, 0.15) is 42.6 Å². The highest BCUT2D eigenvalue weighted by Gasteiger charge is 2.52. The quantitative estimate of drug-likeness (QED) is 0.633. The molecule has 0 aliphatic carbocycles. The molecule has 2 saturated heterocycles. The van der Waals surface area contributed by atoms with E-state index in [4.69, 9.17) is 0 Å². The van der Waals surface area contributed by atoms with Gasteiger partial charge >= 0.3 is 6.03 Å². The molecule has 7 nitrogen and oxygen atoms in total. The summed E-state index contributed by atoms with van der Waals surface area (Å²) in [6.45, 7) is 5.89. The predicted octanol–water partition coefficient (Wildman–Crippen LogP) is 3.65. The van der Waals surface area contributed by atoms with Crippen molar-refractivity contribution in [2.24, 2.45) is 0 Å². The van der Waals surface area contributed by atoms with Gasteiger partial charge < -0.3 is 5.32 Å². The van der Waals surface area contributed by atoms with Crippen molar-refractivity contribution in [3.8, 4) is 0 Å². The summed E-state index contributed by atoms with van der Waals surface area (Å²) in [6, 6.07) is 10.1. The van der Waals surface area contributed by atoms with Crippen LogP contribution in [0, 0.1) is 6.92 Å². The van der Waals surface area contributed by atoms with E-state index in [-0.39, 0.29) is 24.5 Å². The minimum Gasteiger partial charge on any atom is -0.323 e. The Bertz CT molecular complexity index is 1150. The molecule has 160 valence electrons. The van der Waals surface area contributed by atoms with Gasteiger partial charge in [0.1, 0.15) is 5.54 Å². The third-order valence-electron chi connectivity index (χ3n) is 6.58. The molecule has 0 bridgehead atoms. The SMILES string of the molecule is Cc1cc(CN2C(=O)NC3(CCN(C(C)c4ccc5scnc5c4)CC3)C2=O)ccn1. The van der Waals surface area contributed by atoms with Crippen LogP contribution in [-0.4, -0.2) is 50.3 Å². The molecule has 1 unspecified atom stereocenters. The van der Waals surface area contributed by atoms with Crippen LogP contribution >= 0.6 is 11.3 Å². The normalized spacial score (nSPS) is 19.9. The van der Waals surface area contributed by atoms with E-state index in [2.05, 4.69) is 45.3 Å². The van der Waals surface area contributed by atoms with Crippen LogP contribution in [0.2, 0.25) is 0 Å². The number of fused-ring (bicyclic) bond motifs is 1. The van der Waals surface area contributed by atoms with Gasteiger partial charge in [-0.2, -0.15) is 0 Å². The number of thiazole rings is 1. The van der Waals surface area contributed by atoms with E-state index in [1.54, 1.807) is 17.5 Å². The number of pyridine rings is 1. The highest BCUT2D eigenvalue weighted by atomic mass is 32.1. The first-order valence-corrected chi connectivity index (χ1v) is 11.5. The molecule has 0 radical (unpaired) electrons. The van der Waals surface area contributed by atoms with Gasteiger partial charge in [0.2, 0.25) is 0 Å². The van der Waals surface area contributed by atoms with Crippen molar-refractivity contribution in [1.29, 1.82) is 0 Å². The van der Waals surface area contributed by atoms with Gasteiger partial charge in [0.15, 0.2) is 0 Å². The lowest BCUT2D eigenvalue weighted by Gasteiger charge is -2.40. The molecule has 4 heterocycles. The molecule has 5 rings (SSSR count). The molecule has 3 amide bonds. The summed E-state index contributed by atoms with van der Waals surface area (Å²) in [4.78, 5) is 38.2. The second-order valence-electron chi connectivity index (χ2n) is 8.50. The second kappa shape index (κ2) is 7.69. The molecule has 1 spiro atoms. The third kappa shape index (κ3) is 3.59. The first-order chi connectivity index (χ1) is 14.9. The number of rotatable bonds is 4. The summed E-state index contributed by atoms with van der Waals surface area (Å²) in [5, 5.41) is 3.01. The van der Waals surface area contributed by atoms with Gasteiger partial charge in [0.25, 0.3) is 5.91 Å². The zero-order valence-electron chi connectivity index (χ0n) is 17.7. The van der Waals surface area contributed by atoms with Gasteiger partial charge in [-0.1, -0.05) is 6.07 Å². The second-order valence-corrected chi connectivity index (χ2v) is 9.39. The Balaban J connectivity index is 1.27. The fourth-order valence-electron chi connectivity index (χ4n) is 4.68. The lowest BCUT2D eigenvalue weighted by molar-refractivity contribution is -0.133. The van der Waals surface area contributed by atoms with Gasteiger partial charge in [-0.05, 0) is 62.1 Å². The molecule has 1 aromatic carbocycles. The molecule has 8 heteroatoms. The monoisotopic (exact) mass is 435 g/mol. The standard InChI is InChI=1S/C23H25N5O2S/c1-15-11-17(5-8-24-15)13-28-21(29)23(26-22(28)30)6-9-27(10-7-23)16(2)18-3-4-20-19(12-18)25-14-31-20/h3-5,8,11-12,14,16H,6-7,9-10,13H2,1-2H3,(H,26,30). The topological polar surface area (TPSA) is 78.4 Å². The van der Waals surface area contributed by atoms with E-state index in [0.29, 0.717) is 12.8 Å². The number of imide groups is 1. The number of aryl methyl sites for hydroxylation is 1. The number of hydrogen-bond donors (Lipinski definition) is 1. The summed E-state index contributed by atoms with van der Waals surface area (Å²) in [5.41, 5.74) is 5.13. The molecule has 2 fully saturated rings. The Hall–Kier alpha value is -2.84. The predicted molar refractivity (Wildman–Crippen MR) is 120 cm³/mol. The van der Waals surface area contributed by atoms with Crippen LogP contribution in [0.5, 0.6) is 0 Å². The van der Waals surface area contributed by atoms with E-state index < -0.39 is 5.54 Å². The average molecular weight is 436 g/mol. The van der Waals surface area contributed by atoms with Crippen LogP contribution in [-0.2, 0) is 11.3 Å². The smallest absolute Gasteiger partial charge is 0.323 e. The van der Waals surface area contributed by atoms with E-state index in [0.717, 1.165) is 29.9 Å². The van der Waals surface area contributed by atoms with Crippen molar-refractivity contribution < 1.29 is 9.59 Å². The third-order valence-corrected chi connectivity index (χ3v) is 7.39. The van der Waals surface area contributed by atoms with Crippen LogP contribution in [0.15, 0.2) is 42.0 Å². The summed E-state index contributed by atoms with van der Waals surface area (Å²) in [6.07, 6.45) is 2.95. The molecular formula is C23H25N5O2S. The number of urea groups is 1. The van der Waals surface area contributed by atoms with Crippen molar-refractivity contribution in [2.45, 2.75) is 44.8 Å². The van der Waals surface area contributed by atoms with Crippen molar-refractivity contribution >= 4 is 33.5 Å². The van der Waals surface area contributed by atoms with E-state index >= 15 is 0 Å². The highest BCUT2D eigenvalue weighted by molar-refractivity contribution is 7.16. The summed E-state index contributed by atoms with van der Waals surface area (Å²) >= 11 is 1.65. The number of nitrogens with one attached hydrogen (secondary N) is 1. The van der Waals surface area contributed by atoms with Crippen LogP contribution in [0.3, 0.4) is 0 Å². The van der Waals surface area contributed by atoms with Gasteiger partial charge in [-0.3, -0.25) is 19.6 Å². The average Bonchev–Trinajstić information content (AvgIpc) is 3.32. The number of hydrogen-bond acceptors (Lipinski definition) is 6. The lowest BCUT2D eigenvalue weighted by Crippen LogP contribution is -2.55. The number of aromatic nitrogens is 2. The number of carbonyl (C=O) groups is 2. The van der Waals surface area contributed by atoms with Crippen molar-refractivity contribution in [3.05, 3.63) is 58.9 Å². The summed E-state index contributed by atoms with van der Waals surface area (Å²) < 4.78 is 1.19.